The molecule has 10 nitrogen and oxygen atoms in total. The van der Waals surface area contributed by atoms with Gasteiger partial charge in [0.1, 0.15) is 29.4 Å². The van der Waals surface area contributed by atoms with Gasteiger partial charge >= 0.3 is 0 Å². The summed E-state index contributed by atoms with van der Waals surface area (Å²) in [5, 5.41) is 22.0. The van der Waals surface area contributed by atoms with Crippen LogP contribution in [0.4, 0.5) is 15.8 Å². The first-order valence-corrected chi connectivity index (χ1v) is 15.7. The summed E-state index contributed by atoms with van der Waals surface area (Å²) in [5.74, 6) is -1.28. The van der Waals surface area contributed by atoms with E-state index in [1.54, 1.807) is 26.1 Å². The Morgan fingerprint density at radius 3 is 2.53 bits per heavy atom. The van der Waals surface area contributed by atoms with Crippen molar-refractivity contribution < 1.29 is 24.1 Å². The van der Waals surface area contributed by atoms with Crippen LogP contribution in [0.5, 0.6) is 5.75 Å². The maximum Gasteiger partial charge on any atom is 0.265 e. The predicted octanol–water partition coefficient (Wildman–Crippen LogP) is 4.94. The second kappa shape index (κ2) is 12.1. The Morgan fingerprint density at radius 1 is 1.00 bits per heavy atom. The molecule has 0 radical (unpaired) electrons. The SMILES string of the molecule is CN1CCN(c2ccc(-c3cc4c(-c5cccc(N6CCOc7cc(C(C)(C)O)cc(F)c7C6=O)c5CO)ccnc4[nH]3)nc2)CC1. The summed E-state index contributed by atoms with van der Waals surface area (Å²) in [6.45, 7) is 6.92. The number of fused-ring (bicyclic) bond motifs is 2. The van der Waals surface area contributed by atoms with E-state index in [1.807, 2.05) is 36.5 Å². The zero-order valence-corrected chi connectivity index (χ0v) is 26.6. The number of ether oxygens (including phenoxy) is 1. The van der Waals surface area contributed by atoms with Crippen LogP contribution in [0.3, 0.4) is 0 Å². The molecular formula is C36H37FN6O4. The van der Waals surface area contributed by atoms with Gasteiger partial charge in [-0.1, -0.05) is 12.1 Å². The number of hydrogen-bond acceptors (Lipinski definition) is 8. The van der Waals surface area contributed by atoms with Gasteiger partial charge < -0.3 is 34.6 Å². The third kappa shape index (κ3) is 5.71. The summed E-state index contributed by atoms with van der Waals surface area (Å²) >= 11 is 0. The molecular weight excluding hydrogens is 599 g/mol. The zero-order chi connectivity index (χ0) is 32.9. The topological polar surface area (TPSA) is 118 Å². The Kier molecular flexibility index (Phi) is 7.91. The summed E-state index contributed by atoms with van der Waals surface area (Å²) in [4.78, 5) is 32.7. The molecule has 7 rings (SSSR count). The molecule has 1 amide bonds. The molecule has 2 aliphatic rings. The molecule has 0 bridgehead atoms. The molecule has 2 aromatic carbocycles. The number of piperazine rings is 1. The van der Waals surface area contributed by atoms with E-state index in [4.69, 9.17) is 9.72 Å². The number of anilines is 2. The highest BCUT2D eigenvalue weighted by Gasteiger charge is 2.32. The number of aromatic nitrogens is 3. The maximum atomic E-state index is 15.4. The van der Waals surface area contributed by atoms with Crippen LogP contribution in [0.2, 0.25) is 0 Å². The molecule has 11 heteroatoms. The average molecular weight is 637 g/mol. The molecule has 0 atom stereocenters. The van der Waals surface area contributed by atoms with E-state index in [-0.39, 0.29) is 31.1 Å². The highest BCUT2D eigenvalue weighted by Crippen LogP contribution is 2.39. The van der Waals surface area contributed by atoms with Crippen LogP contribution in [0.25, 0.3) is 33.5 Å². The van der Waals surface area contributed by atoms with Crippen molar-refractivity contribution in [2.75, 3.05) is 56.2 Å². The van der Waals surface area contributed by atoms with E-state index >= 15 is 4.39 Å². The highest BCUT2D eigenvalue weighted by molar-refractivity contribution is 6.09. The van der Waals surface area contributed by atoms with Gasteiger partial charge in [0, 0.05) is 43.3 Å². The van der Waals surface area contributed by atoms with Gasteiger partial charge in [-0.2, -0.15) is 0 Å². The van der Waals surface area contributed by atoms with Gasteiger partial charge in [-0.25, -0.2) is 9.37 Å². The van der Waals surface area contributed by atoms with Crippen LogP contribution in [0, 0.1) is 5.82 Å². The second-order valence-electron chi connectivity index (χ2n) is 12.7. The van der Waals surface area contributed by atoms with Crippen LogP contribution in [0.15, 0.2) is 67.0 Å². The Morgan fingerprint density at radius 2 is 1.81 bits per heavy atom. The van der Waals surface area contributed by atoms with Crippen LogP contribution in [-0.4, -0.2) is 82.4 Å². The van der Waals surface area contributed by atoms with E-state index in [0.29, 0.717) is 22.5 Å². The van der Waals surface area contributed by atoms with Gasteiger partial charge in [-0.3, -0.25) is 9.78 Å². The molecule has 5 aromatic rings. The summed E-state index contributed by atoms with van der Waals surface area (Å²) in [6, 6.07) is 16.1. The first kappa shape index (κ1) is 30.8. The van der Waals surface area contributed by atoms with E-state index < -0.39 is 17.3 Å². The first-order chi connectivity index (χ1) is 22.6. The number of pyridine rings is 2. The molecule has 1 saturated heterocycles. The van der Waals surface area contributed by atoms with Gasteiger partial charge in [0.15, 0.2) is 0 Å². The van der Waals surface area contributed by atoms with E-state index in [0.717, 1.165) is 59.8 Å². The third-order valence-electron chi connectivity index (χ3n) is 9.11. The van der Waals surface area contributed by atoms with Crippen molar-refractivity contribution >= 4 is 28.3 Å². The van der Waals surface area contributed by atoms with Crippen LogP contribution >= 0.6 is 0 Å². The molecule has 0 saturated carbocycles. The number of aliphatic hydroxyl groups excluding tert-OH is 1. The lowest BCUT2D eigenvalue weighted by Crippen LogP contribution is -2.44. The summed E-state index contributed by atoms with van der Waals surface area (Å²) in [6.07, 6.45) is 3.61. The second-order valence-corrected chi connectivity index (χ2v) is 12.7. The number of nitrogens with one attached hydrogen (secondary N) is 1. The van der Waals surface area contributed by atoms with E-state index in [1.165, 1.54) is 17.0 Å². The van der Waals surface area contributed by atoms with Gasteiger partial charge in [-0.05, 0) is 80.1 Å². The number of likely N-dealkylation sites (N-methyl/N-ethyl adjacent to an activating group) is 1. The number of hydrogen-bond donors (Lipinski definition) is 3. The number of rotatable bonds is 6. The van der Waals surface area contributed by atoms with Crippen molar-refractivity contribution in [1.82, 2.24) is 19.9 Å². The van der Waals surface area contributed by atoms with Crippen molar-refractivity contribution in [3.8, 4) is 28.3 Å². The van der Waals surface area contributed by atoms with Crippen LogP contribution in [0.1, 0.15) is 35.3 Å². The third-order valence-corrected chi connectivity index (χ3v) is 9.11. The number of aliphatic hydroxyl groups is 2. The normalized spacial score (nSPS) is 15.9. The smallest absolute Gasteiger partial charge is 0.265 e. The van der Waals surface area contributed by atoms with Crippen molar-refractivity contribution in [2.45, 2.75) is 26.1 Å². The monoisotopic (exact) mass is 636 g/mol. The molecule has 47 heavy (non-hydrogen) atoms. The number of benzene rings is 2. The summed E-state index contributed by atoms with van der Waals surface area (Å²) in [7, 11) is 2.13. The molecule has 3 aromatic heterocycles. The lowest BCUT2D eigenvalue weighted by atomic mass is 9.95. The van der Waals surface area contributed by atoms with Gasteiger partial charge in [0.2, 0.25) is 0 Å². The van der Waals surface area contributed by atoms with E-state index in [2.05, 4.69) is 32.9 Å². The molecule has 0 unspecified atom stereocenters. The number of H-pyrrole nitrogens is 1. The number of halogens is 1. The molecule has 5 heterocycles. The largest absolute Gasteiger partial charge is 0.491 e. The molecule has 242 valence electrons. The Balaban J connectivity index is 1.24. The Labute approximate surface area is 272 Å². The Hall–Kier alpha value is -4.84. The molecule has 1 fully saturated rings. The zero-order valence-electron chi connectivity index (χ0n) is 26.6. The number of aromatic amines is 1. The fraction of sp³-hybridized carbons (Fsp3) is 0.306. The number of nitrogens with zero attached hydrogens (tertiary/aromatic N) is 5. The fourth-order valence-corrected chi connectivity index (χ4v) is 6.41. The minimum absolute atomic E-state index is 0.0807. The van der Waals surface area contributed by atoms with Crippen molar-refractivity contribution in [2.24, 2.45) is 0 Å². The predicted molar refractivity (Wildman–Crippen MR) is 179 cm³/mol. The minimum Gasteiger partial charge on any atom is -0.491 e. The van der Waals surface area contributed by atoms with Crippen LogP contribution < -0.4 is 14.5 Å². The van der Waals surface area contributed by atoms with E-state index in [9.17, 15) is 15.0 Å². The summed E-state index contributed by atoms with van der Waals surface area (Å²) in [5.41, 5.74) is 4.64. The first-order valence-electron chi connectivity index (χ1n) is 15.7. The van der Waals surface area contributed by atoms with Crippen molar-refractivity contribution in [1.29, 1.82) is 0 Å². The minimum atomic E-state index is -1.31. The standard InChI is InChI=1S/C36H37FN6O4/c1-36(2,46)22-17-28(37)33-32(18-22)47-16-15-43(35(33)45)31-6-4-5-24(27(31)21-44)25-9-10-38-34-26(25)19-30(40-34)29-8-7-23(20-39-29)42-13-11-41(3)12-14-42/h4-10,17-20,44,46H,11-16,21H2,1-3H3,(H,38,40). The molecule has 2 aliphatic heterocycles. The fourth-order valence-electron chi connectivity index (χ4n) is 6.41. The van der Waals surface area contributed by atoms with Crippen molar-refractivity contribution in [3.63, 3.8) is 0 Å². The molecule has 0 aliphatic carbocycles. The van der Waals surface area contributed by atoms with Crippen molar-refractivity contribution in [3.05, 3.63) is 89.5 Å². The Bertz CT molecular complexity index is 1960. The van der Waals surface area contributed by atoms with Gasteiger partial charge in [0.05, 0.1) is 47.7 Å². The maximum absolute atomic E-state index is 15.4. The highest BCUT2D eigenvalue weighted by atomic mass is 19.1. The quantitative estimate of drug-likeness (QED) is 0.240. The number of carbonyl (C=O) groups is 1. The lowest BCUT2D eigenvalue weighted by Gasteiger charge is -2.33. The molecule has 3 N–H and O–H groups in total. The number of amides is 1. The van der Waals surface area contributed by atoms with Crippen LogP contribution in [-0.2, 0) is 12.2 Å². The lowest BCUT2D eigenvalue weighted by molar-refractivity contribution is 0.0777. The summed E-state index contributed by atoms with van der Waals surface area (Å²) < 4.78 is 21.3. The number of carbonyl (C=O) groups excluding carboxylic acids is 1. The average Bonchev–Trinajstić information content (AvgIpc) is 3.43. The molecule has 0 spiro atoms. The van der Waals surface area contributed by atoms with Gasteiger partial charge in [-0.15, -0.1) is 0 Å². The van der Waals surface area contributed by atoms with Gasteiger partial charge in [0.25, 0.3) is 5.91 Å².